The first-order chi connectivity index (χ1) is 16.9. The summed E-state index contributed by atoms with van der Waals surface area (Å²) in [6.07, 6.45) is 0. The number of aromatic nitrogens is 3. The second-order valence-electron chi connectivity index (χ2n) is 7.53. The predicted octanol–water partition coefficient (Wildman–Crippen LogP) is 2.66. The minimum absolute atomic E-state index is 0.00475. The lowest BCUT2D eigenvalue weighted by molar-refractivity contribution is 0.0941. The monoisotopic (exact) mass is 478 g/mol. The third-order valence-corrected chi connectivity index (χ3v) is 5.24. The number of hydrogen-bond donors (Lipinski definition) is 1. The quantitative estimate of drug-likeness (QED) is 0.441. The van der Waals surface area contributed by atoms with Crippen molar-refractivity contribution in [2.24, 2.45) is 0 Å². The van der Waals surface area contributed by atoms with Crippen LogP contribution in [0.2, 0.25) is 0 Å². The molecular formula is C25H20F2N4O4. The van der Waals surface area contributed by atoms with E-state index in [1.165, 1.54) is 61.7 Å². The Morgan fingerprint density at radius 2 is 1.66 bits per heavy atom. The van der Waals surface area contributed by atoms with Crippen molar-refractivity contribution in [2.45, 2.75) is 13.1 Å². The fourth-order valence-electron chi connectivity index (χ4n) is 3.35. The van der Waals surface area contributed by atoms with Crippen LogP contribution in [-0.4, -0.2) is 27.4 Å². The number of ether oxygens (including phenoxy) is 1. The lowest BCUT2D eigenvalue weighted by Gasteiger charge is -2.13. The Morgan fingerprint density at radius 1 is 0.971 bits per heavy atom. The molecule has 1 N–H and O–H groups in total. The Balaban J connectivity index is 1.77. The van der Waals surface area contributed by atoms with Crippen LogP contribution >= 0.6 is 0 Å². The van der Waals surface area contributed by atoms with E-state index in [1.54, 1.807) is 18.2 Å². The highest BCUT2D eigenvalue weighted by molar-refractivity contribution is 5.91. The van der Waals surface area contributed by atoms with Crippen molar-refractivity contribution in [1.82, 2.24) is 19.7 Å². The fraction of sp³-hybridized carbons (Fsp3) is 0.120. The summed E-state index contributed by atoms with van der Waals surface area (Å²) in [7, 11) is 1.48. The molecule has 0 atom stereocenters. The van der Waals surface area contributed by atoms with Crippen LogP contribution in [-0.2, 0) is 13.1 Å². The highest BCUT2D eigenvalue weighted by Gasteiger charge is 2.21. The van der Waals surface area contributed by atoms with Crippen LogP contribution in [0.15, 0.2) is 82.4 Å². The molecule has 35 heavy (non-hydrogen) atoms. The summed E-state index contributed by atoms with van der Waals surface area (Å²) in [6.45, 7) is -0.406. The van der Waals surface area contributed by atoms with E-state index in [1.807, 2.05) is 0 Å². The molecule has 8 nitrogen and oxygen atoms in total. The van der Waals surface area contributed by atoms with Crippen LogP contribution in [0.1, 0.15) is 21.6 Å². The molecule has 0 spiro atoms. The zero-order valence-corrected chi connectivity index (χ0v) is 18.6. The number of methoxy groups -OCH3 is 1. The molecule has 4 rings (SSSR count). The molecule has 4 aromatic rings. The van der Waals surface area contributed by atoms with Crippen LogP contribution in [0.3, 0.4) is 0 Å². The molecule has 1 aromatic heterocycles. The SMILES string of the molecule is COc1ccc(-n2nc(C(=O)NCc3ccc(F)cc3)c(=O)n(Cc3ccccc3F)c2=O)cc1. The Bertz CT molecular complexity index is 1480. The molecular weight excluding hydrogens is 458 g/mol. The molecule has 3 aromatic carbocycles. The molecule has 0 unspecified atom stereocenters. The second-order valence-corrected chi connectivity index (χ2v) is 7.53. The van der Waals surface area contributed by atoms with Gasteiger partial charge in [-0.25, -0.2) is 13.6 Å². The maximum atomic E-state index is 14.3. The summed E-state index contributed by atoms with van der Waals surface area (Å²) in [5.41, 5.74) is -1.42. The molecule has 178 valence electrons. The largest absolute Gasteiger partial charge is 0.497 e. The summed E-state index contributed by atoms with van der Waals surface area (Å²) in [6, 6.07) is 17.4. The number of nitrogens with one attached hydrogen (secondary N) is 1. The molecule has 10 heteroatoms. The first kappa shape index (κ1) is 23.6. The predicted molar refractivity (Wildman–Crippen MR) is 124 cm³/mol. The normalized spacial score (nSPS) is 10.7. The number of carbonyl (C=O) groups excluding carboxylic acids is 1. The van der Waals surface area contributed by atoms with Gasteiger partial charge in [-0.2, -0.15) is 9.78 Å². The van der Waals surface area contributed by atoms with Crippen molar-refractivity contribution in [1.29, 1.82) is 0 Å². The third-order valence-electron chi connectivity index (χ3n) is 5.24. The smallest absolute Gasteiger partial charge is 0.352 e. The summed E-state index contributed by atoms with van der Waals surface area (Å²) in [5, 5.41) is 6.56. The van der Waals surface area contributed by atoms with Crippen molar-refractivity contribution in [3.63, 3.8) is 0 Å². The first-order valence-corrected chi connectivity index (χ1v) is 10.5. The fourth-order valence-corrected chi connectivity index (χ4v) is 3.35. The van der Waals surface area contributed by atoms with Crippen molar-refractivity contribution in [2.75, 3.05) is 7.11 Å². The number of hydrogen-bond acceptors (Lipinski definition) is 5. The summed E-state index contributed by atoms with van der Waals surface area (Å²) >= 11 is 0. The van der Waals surface area contributed by atoms with Gasteiger partial charge in [-0.05, 0) is 48.0 Å². The van der Waals surface area contributed by atoms with Crippen molar-refractivity contribution in [3.8, 4) is 11.4 Å². The average molecular weight is 478 g/mol. The van der Waals surface area contributed by atoms with Crippen LogP contribution in [0.25, 0.3) is 5.69 Å². The number of amides is 1. The Hall–Kier alpha value is -4.60. The van der Waals surface area contributed by atoms with Crippen molar-refractivity contribution in [3.05, 3.63) is 122 Å². The molecule has 0 aliphatic carbocycles. The van der Waals surface area contributed by atoms with Gasteiger partial charge in [0, 0.05) is 12.1 Å². The molecule has 1 amide bonds. The highest BCUT2D eigenvalue weighted by Crippen LogP contribution is 2.13. The zero-order valence-electron chi connectivity index (χ0n) is 18.6. The third kappa shape index (κ3) is 5.16. The molecule has 0 aliphatic heterocycles. The first-order valence-electron chi connectivity index (χ1n) is 10.5. The minimum atomic E-state index is -0.973. The number of rotatable bonds is 7. The summed E-state index contributed by atoms with van der Waals surface area (Å²) < 4.78 is 34.2. The zero-order chi connectivity index (χ0) is 24.9. The van der Waals surface area contributed by atoms with Crippen LogP contribution < -0.4 is 21.3 Å². The van der Waals surface area contributed by atoms with E-state index in [2.05, 4.69) is 10.4 Å². The number of nitrogens with zero attached hydrogens (tertiary/aromatic N) is 3. The van der Waals surface area contributed by atoms with E-state index in [-0.39, 0.29) is 17.8 Å². The highest BCUT2D eigenvalue weighted by atomic mass is 19.1. The molecule has 0 fully saturated rings. The van der Waals surface area contributed by atoms with Gasteiger partial charge in [0.1, 0.15) is 17.4 Å². The Kier molecular flexibility index (Phi) is 6.81. The molecule has 0 saturated carbocycles. The van der Waals surface area contributed by atoms with Crippen molar-refractivity contribution < 1.29 is 18.3 Å². The lowest BCUT2D eigenvalue weighted by atomic mass is 10.2. The van der Waals surface area contributed by atoms with Gasteiger partial charge in [-0.1, -0.05) is 30.3 Å². The lowest BCUT2D eigenvalue weighted by Crippen LogP contribution is -2.46. The van der Waals surface area contributed by atoms with E-state index in [9.17, 15) is 23.2 Å². The minimum Gasteiger partial charge on any atom is -0.497 e. The molecule has 0 aliphatic rings. The van der Waals surface area contributed by atoms with Gasteiger partial charge >= 0.3 is 5.69 Å². The molecule has 1 heterocycles. The van der Waals surface area contributed by atoms with Gasteiger partial charge in [0.2, 0.25) is 5.69 Å². The van der Waals surface area contributed by atoms with Gasteiger partial charge in [0.05, 0.1) is 19.3 Å². The van der Waals surface area contributed by atoms with E-state index >= 15 is 0 Å². The Morgan fingerprint density at radius 3 is 2.31 bits per heavy atom. The van der Waals surface area contributed by atoms with Crippen molar-refractivity contribution >= 4 is 5.91 Å². The Labute approximate surface area is 198 Å². The van der Waals surface area contributed by atoms with E-state index in [4.69, 9.17) is 4.74 Å². The van der Waals surface area contributed by atoms with E-state index in [0.29, 0.717) is 11.3 Å². The number of carbonyl (C=O) groups is 1. The maximum absolute atomic E-state index is 14.3. The van der Waals surface area contributed by atoms with Crippen LogP contribution in [0, 0.1) is 11.6 Å². The maximum Gasteiger partial charge on any atom is 0.352 e. The van der Waals surface area contributed by atoms with Crippen LogP contribution in [0.4, 0.5) is 8.78 Å². The van der Waals surface area contributed by atoms with Gasteiger partial charge in [-0.3, -0.25) is 14.2 Å². The number of halogens is 2. The van der Waals surface area contributed by atoms with E-state index in [0.717, 1.165) is 9.25 Å². The average Bonchev–Trinajstić information content (AvgIpc) is 2.87. The van der Waals surface area contributed by atoms with E-state index < -0.39 is 41.0 Å². The molecule has 0 saturated heterocycles. The molecule has 0 radical (unpaired) electrons. The second kappa shape index (κ2) is 10.1. The van der Waals surface area contributed by atoms with Crippen LogP contribution in [0.5, 0.6) is 5.75 Å². The topological polar surface area (TPSA) is 95.2 Å². The van der Waals surface area contributed by atoms with Gasteiger partial charge in [0.25, 0.3) is 11.5 Å². The van der Waals surface area contributed by atoms with Gasteiger partial charge in [0.15, 0.2) is 0 Å². The van der Waals surface area contributed by atoms with Gasteiger partial charge < -0.3 is 10.1 Å². The molecule has 0 bridgehead atoms. The number of benzene rings is 3. The summed E-state index contributed by atoms with van der Waals surface area (Å²) in [4.78, 5) is 39.2. The standard InChI is InChI=1S/C25H20F2N4O4/c1-35-20-12-10-19(11-13-20)31-25(34)30(15-17-4-2-3-5-21(17)27)24(33)22(29-31)23(32)28-14-16-6-8-18(26)9-7-16/h2-13H,14-15H2,1H3,(H,28,32). The summed E-state index contributed by atoms with van der Waals surface area (Å²) in [5.74, 6) is -1.35. The van der Waals surface area contributed by atoms with Gasteiger partial charge in [-0.15, -0.1) is 0 Å².